The fourth-order valence-electron chi connectivity index (χ4n) is 1.50. The third-order valence-electron chi connectivity index (χ3n) is 3.25. The van der Waals surface area contributed by atoms with E-state index in [2.05, 4.69) is 0 Å². The van der Waals surface area contributed by atoms with Crippen LogP contribution >= 0.6 is 0 Å². The van der Waals surface area contributed by atoms with Crippen LogP contribution in [-0.4, -0.2) is 13.1 Å². The number of ether oxygens (including phenoxy) is 2. The predicted octanol–water partition coefficient (Wildman–Crippen LogP) is 3.59. The topological polar surface area (TPSA) is 35.5 Å². The Labute approximate surface area is 109 Å². The molecule has 1 rings (SSSR count). The van der Waals surface area contributed by atoms with Gasteiger partial charge in [0, 0.05) is 0 Å². The van der Waals surface area contributed by atoms with E-state index in [1.54, 1.807) is 7.11 Å². The van der Waals surface area contributed by atoms with Gasteiger partial charge in [0.05, 0.1) is 13.0 Å². The number of methoxy groups -OCH3 is 1. The molecule has 3 heteroatoms. The third kappa shape index (κ3) is 3.76. The molecule has 1 aromatic rings. The first kappa shape index (κ1) is 14.6. The Morgan fingerprint density at radius 1 is 1.06 bits per heavy atom. The number of benzene rings is 1. The van der Waals surface area contributed by atoms with E-state index in [9.17, 15) is 4.79 Å². The van der Waals surface area contributed by atoms with Crippen LogP contribution in [-0.2, 0) is 9.53 Å². The summed E-state index contributed by atoms with van der Waals surface area (Å²) in [6, 6.07) is 7.56. The molecule has 1 aromatic carbocycles. The standard InChI is InChI=1S/C15H22O3/c1-10(2)11(3)15(16)18-12(4)13-6-8-14(17-5)9-7-13/h6-12H,1-5H3. The minimum atomic E-state index is -0.232. The molecule has 0 bridgehead atoms. The fraction of sp³-hybridized carbons (Fsp3) is 0.533. The van der Waals surface area contributed by atoms with Crippen molar-refractivity contribution in [3.8, 4) is 5.75 Å². The van der Waals surface area contributed by atoms with Crippen LogP contribution in [0.25, 0.3) is 0 Å². The maximum atomic E-state index is 11.8. The van der Waals surface area contributed by atoms with Crippen molar-refractivity contribution in [3.05, 3.63) is 29.8 Å². The zero-order chi connectivity index (χ0) is 13.7. The van der Waals surface area contributed by atoms with Crippen LogP contribution in [0.2, 0.25) is 0 Å². The van der Waals surface area contributed by atoms with E-state index in [0.29, 0.717) is 5.92 Å². The van der Waals surface area contributed by atoms with Crippen LogP contribution in [0, 0.1) is 11.8 Å². The average Bonchev–Trinajstić information content (AvgIpc) is 2.37. The Morgan fingerprint density at radius 3 is 2.06 bits per heavy atom. The van der Waals surface area contributed by atoms with Crippen LogP contribution in [0.15, 0.2) is 24.3 Å². The summed E-state index contributed by atoms with van der Waals surface area (Å²) in [6.45, 7) is 7.81. The van der Waals surface area contributed by atoms with Gasteiger partial charge in [0.15, 0.2) is 0 Å². The smallest absolute Gasteiger partial charge is 0.309 e. The van der Waals surface area contributed by atoms with Gasteiger partial charge >= 0.3 is 5.97 Å². The highest BCUT2D eigenvalue weighted by Crippen LogP contribution is 2.22. The highest BCUT2D eigenvalue weighted by molar-refractivity contribution is 5.72. The van der Waals surface area contributed by atoms with Crippen molar-refractivity contribution in [1.29, 1.82) is 0 Å². The summed E-state index contributed by atoms with van der Waals surface area (Å²) in [5, 5.41) is 0. The van der Waals surface area contributed by atoms with E-state index in [1.165, 1.54) is 0 Å². The van der Waals surface area contributed by atoms with Crippen LogP contribution in [0.5, 0.6) is 5.75 Å². The Hall–Kier alpha value is -1.51. The lowest BCUT2D eigenvalue weighted by Crippen LogP contribution is -2.21. The molecule has 0 amide bonds. The van der Waals surface area contributed by atoms with Crippen LogP contribution in [0.4, 0.5) is 0 Å². The van der Waals surface area contributed by atoms with Gasteiger partial charge in [0.2, 0.25) is 0 Å². The van der Waals surface area contributed by atoms with Gasteiger partial charge in [-0.05, 0) is 30.5 Å². The van der Waals surface area contributed by atoms with Crippen molar-refractivity contribution in [2.24, 2.45) is 11.8 Å². The molecule has 0 radical (unpaired) electrons. The second-order valence-corrected chi connectivity index (χ2v) is 4.88. The SMILES string of the molecule is COc1ccc(C(C)OC(=O)C(C)C(C)C)cc1. The van der Waals surface area contributed by atoms with Gasteiger partial charge in [-0.2, -0.15) is 0 Å². The van der Waals surface area contributed by atoms with Crippen molar-refractivity contribution < 1.29 is 14.3 Å². The van der Waals surface area contributed by atoms with E-state index in [0.717, 1.165) is 11.3 Å². The maximum Gasteiger partial charge on any atom is 0.309 e. The molecule has 0 saturated heterocycles. The van der Waals surface area contributed by atoms with Crippen LogP contribution in [0.3, 0.4) is 0 Å². The molecule has 18 heavy (non-hydrogen) atoms. The quantitative estimate of drug-likeness (QED) is 0.749. The molecule has 0 saturated carbocycles. The van der Waals surface area contributed by atoms with Crippen molar-refractivity contribution in [2.45, 2.75) is 33.8 Å². The molecule has 2 unspecified atom stereocenters. The van der Waals surface area contributed by atoms with Gasteiger partial charge in [0.25, 0.3) is 0 Å². The number of rotatable bonds is 5. The summed E-state index contributed by atoms with van der Waals surface area (Å²) in [6.07, 6.45) is -0.232. The monoisotopic (exact) mass is 250 g/mol. The van der Waals surface area contributed by atoms with Crippen molar-refractivity contribution in [3.63, 3.8) is 0 Å². The minimum absolute atomic E-state index is 0.0781. The molecule has 0 aromatic heterocycles. The highest BCUT2D eigenvalue weighted by atomic mass is 16.5. The largest absolute Gasteiger partial charge is 0.497 e. The molecule has 0 N–H and O–H groups in total. The first-order valence-electron chi connectivity index (χ1n) is 6.30. The van der Waals surface area contributed by atoms with Crippen molar-refractivity contribution >= 4 is 5.97 Å². The summed E-state index contributed by atoms with van der Waals surface area (Å²) < 4.78 is 10.5. The molecular formula is C15H22O3. The van der Waals surface area contributed by atoms with E-state index in [1.807, 2.05) is 52.0 Å². The molecule has 0 spiro atoms. The van der Waals surface area contributed by atoms with Crippen molar-refractivity contribution in [1.82, 2.24) is 0 Å². The third-order valence-corrected chi connectivity index (χ3v) is 3.25. The summed E-state index contributed by atoms with van der Waals surface area (Å²) >= 11 is 0. The van der Waals surface area contributed by atoms with Gasteiger partial charge in [-0.1, -0.05) is 32.9 Å². The highest BCUT2D eigenvalue weighted by Gasteiger charge is 2.20. The van der Waals surface area contributed by atoms with Gasteiger partial charge in [-0.15, -0.1) is 0 Å². The van der Waals surface area contributed by atoms with Gasteiger partial charge in [0.1, 0.15) is 11.9 Å². The van der Waals surface area contributed by atoms with E-state index in [4.69, 9.17) is 9.47 Å². The number of hydrogen-bond acceptors (Lipinski definition) is 3. The van der Waals surface area contributed by atoms with Crippen LogP contribution < -0.4 is 4.74 Å². The summed E-state index contributed by atoms with van der Waals surface area (Å²) in [5.41, 5.74) is 0.972. The fourth-order valence-corrected chi connectivity index (χ4v) is 1.50. The van der Waals surface area contributed by atoms with Gasteiger partial charge < -0.3 is 9.47 Å². The first-order valence-corrected chi connectivity index (χ1v) is 6.30. The average molecular weight is 250 g/mol. The zero-order valence-electron chi connectivity index (χ0n) is 11.8. The second-order valence-electron chi connectivity index (χ2n) is 4.88. The van der Waals surface area contributed by atoms with Crippen molar-refractivity contribution in [2.75, 3.05) is 7.11 Å². The van der Waals surface area contributed by atoms with E-state index < -0.39 is 0 Å². The number of carbonyl (C=O) groups excluding carboxylic acids is 1. The Balaban J connectivity index is 2.64. The first-order chi connectivity index (χ1) is 8.45. The summed E-state index contributed by atoms with van der Waals surface area (Å²) in [7, 11) is 1.63. The molecule has 0 aliphatic heterocycles. The number of esters is 1. The van der Waals surface area contributed by atoms with Gasteiger partial charge in [-0.3, -0.25) is 4.79 Å². The lowest BCUT2D eigenvalue weighted by molar-refractivity contribution is -0.154. The lowest BCUT2D eigenvalue weighted by atomic mass is 9.98. The molecule has 2 atom stereocenters. The molecule has 0 aliphatic carbocycles. The maximum absolute atomic E-state index is 11.8. The van der Waals surface area contributed by atoms with E-state index in [-0.39, 0.29) is 18.0 Å². The summed E-state index contributed by atoms with van der Waals surface area (Å²) in [4.78, 5) is 11.8. The zero-order valence-corrected chi connectivity index (χ0v) is 11.8. The molecule has 3 nitrogen and oxygen atoms in total. The molecule has 0 aliphatic rings. The second kappa shape index (κ2) is 6.43. The molecule has 0 fully saturated rings. The minimum Gasteiger partial charge on any atom is -0.497 e. The number of carbonyl (C=O) groups is 1. The van der Waals surface area contributed by atoms with Crippen LogP contribution in [0.1, 0.15) is 39.4 Å². The Bertz CT molecular complexity index is 381. The van der Waals surface area contributed by atoms with E-state index >= 15 is 0 Å². The van der Waals surface area contributed by atoms with Gasteiger partial charge in [-0.25, -0.2) is 0 Å². The molecule has 0 heterocycles. The summed E-state index contributed by atoms with van der Waals surface area (Å²) in [5.74, 6) is 0.868. The molecular weight excluding hydrogens is 228 g/mol. The number of hydrogen-bond donors (Lipinski definition) is 0. The normalized spacial score (nSPS) is 14.1. The Kier molecular flexibility index (Phi) is 5.20. The lowest BCUT2D eigenvalue weighted by Gasteiger charge is -2.19. The Morgan fingerprint density at radius 2 is 1.61 bits per heavy atom. The predicted molar refractivity (Wildman–Crippen MR) is 71.5 cm³/mol. The molecule has 100 valence electrons.